The summed E-state index contributed by atoms with van der Waals surface area (Å²) >= 11 is 0. The number of hydrogen-bond acceptors (Lipinski definition) is 4. The minimum atomic E-state index is 0. The molecule has 0 spiro atoms. The van der Waals surface area contributed by atoms with Gasteiger partial charge in [0.05, 0.1) is 12.7 Å². The van der Waals surface area contributed by atoms with E-state index in [1.807, 2.05) is 6.92 Å². The Hall–Kier alpha value is -0.120. The highest BCUT2D eigenvalue weighted by molar-refractivity contribution is 14.0. The Balaban J connectivity index is 0.00000441. The molecule has 22 heavy (non-hydrogen) atoms. The molecular weight excluding hydrogens is 397 g/mol. The Morgan fingerprint density at radius 1 is 1.18 bits per heavy atom. The number of nitrogens with one attached hydrogen (secondary N) is 2. The third kappa shape index (κ3) is 11.4. The van der Waals surface area contributed by atoms with E-state index in [1.54, 1.807) is 0 Å². The molecule has 0 aliphatic carbocycles. The first kappa shape index (κ1) is 21.9. The van der Waals surface area contributed by atoms with Crippen molar-refractivity contribution in [2.75, 3.05) is 52.7 Å². The molecule has 0 unspecified atom stereocenters. The van der Waals surface area contributed by atoms with Crippen molar-refractivity contribution in [3.8, 4) is 0 Å². The highest BCUT2D eigenvalue weighted by Crippen LogP contribution is 2.10. The quantitative estimate of drug-likeness (QED) is 0.240. The molecular formula is C15H32IN3O3. The van der Waals surface area contributed by atoms with Crippen LogP contribution in [0.25, 0.3) is 0 Å². The smallest absolute Gasteiger partial charge is 0.191 e. The van der Waals surface area contributed by atoms with E-state index in [0.717, 1.165) is 71.3 Å². The van der Waals surface area contributed by atoms with Crippen molar-refractivity contribution >= 4 is 29.9 Å². The van der Waals surface area contributed by atoms with Gasteiger partial charge in [-0.3, -0.25) is 4.99 Å². The maximum absolute atomic E-state index is 5.83. The Labute approximate surface area is 151 Å². The second kappa shape index (κ2) is 15.8. The van der Waals surface area contributed by atoms with Crippen LogP contribution in [0.15, 0.2) is 4.99 Å². The van der Waals surface area contributed by atoms with Crippen molar-refractivity contribution < 1.29 is 14.2 Å². The third-order valence-corrected chi connectivity index (χ3v) is 3.18. The zero-order valence-corrected chi connectivity index (χ0v) is 16.3. The van der Waals surface area contributed by atoms with Gasteiger partial charge in [0.2, 0.25) is 0 Å². The molecule has 1 fully saturated rings. The second-order valence-corrected chi connectivity index (χ2v) is 4.92. The molecule has 2 N–H and O–H groups in total. The highest BCUT2D eigenvalue weighted by Gasteiger charge is 2.13. The molecule has 0 aromatic carbocycles. The van der Waals surface area contributed by atoms with Crippen LogP contribution in [0, 0.1) is 0 Å². The van der Waals surface area contributed by atoms with E-state index in [1.165, 1.54) is 0 Å². The maximum Gasteiger partial charge on any atom is 0.191 e. The average Bonchev–Trinajstić information content (AvgIpc) is 2.52. The number of nitrogens with zero attached hydrogens (tertiary/aromatic N) is 1. The molecule has 1 rings (SSSR count). The van der Waals surface area contributed by atoms with E-state index in [9.17, 15) is 0 Å². The summed E-state index contributed by atoms with van der Waals surface area (Å²) in [5.74, 6) is 0.850. The number of ether oxygens (including phenoxy) is 3. The normalized spacial score (nSPS) is 16.2. The van der Waals surface area contributed by atoms with Crippen molar-refractivity contribution in [3.63, 3.8) is 0 Å². The first-order chi connectivity index (χ1) is 10.4. The summed E-state index contributed by atoms with van der Waals surface area (Å²) in [7, 11) is 0. The van der Waals surface area contributed by atoms with E-state index in [4.69, 9.17) is 14.2 Å². The molecule has 0 amide bonds. The molecule has 132 valence electrons. The molecule has 0 atom stereocenters. The first-order valence-corrected chi connectivity index (χ1v) is 8.16. The molecule has 0 bridgehead atoms. The van der Waals surface area contributed by atoms with Gasteiger partial charge in [0.1, 0.15) is 0 Å². The summed E-state index contributed by atoms with van der Waals surface area (Å²) in [6.07, 6.45) is 3.36. The molecule has 1 aliphatic heterocycles. The van der Waals surface area contributed by atoms with Crippen molar-refractivity contribution in [2.24, 2.45) is 4.99 Å². The lowest BCUT2D eigenvalue weighted by Gasteiger charge is -2.22. The van der Waals surface area contributed by atoms with Crippen LogP contribution in [0.2, 0.25) is 0 Å². The first-order valence-electron chi connectivity index (χ1n) is 8.16. The van der Waals surface area contributed by atoms with Gasteiger partial charge >= 0.3 is 0 Å². The fourth-order valence-corrected chi connectivity index (χ4v) is 2.08. The maximum atomic E-state index is 5.83. The lowest BCUT2D eigenvalue weighted by atomic mass is 10.1. The molecule has 0 aromatic rings. The lowest BCUT2D eigenvalue weighted by Crippen LogP contribution is -2.39. The summed E-state index contributed by atoms with van der Waals surface area (Å²) in [5.41, 5.74) is 0. The van der Waals surface area contributed by atoms with E-state index in [2.05, 4.69) is 22.5 Å². The number of hydrogen-bond donors (Lipinski definition) is 2. The summed E-state index contributed by atoms with van der Waals surface area (Å²) in [6.45, 7) is 10.4. The molecule has 0 radical (unpaired) electrons. The Morgan fingerprint density at radius 2 is 1.95 bits per heavy atom. The van der Waals surface area contributed by atoms with Crippen LogP contribution in [-0.2, 0) is 14.2 Å². The summed E-state index contributed by atoms with van der Waals surface area (Å²) < 4.78 is 16.4. The van der Waals surface area contributed by atoms with Crippen LogP contribution in [-0.4, -0.2) is 64.7 Å². The van der Waals surface area contributed by atoms with Crippen molar-refractivity contribution in [1.82, 2.24) is 10.6 Å². The summed E-state index contributed by atoms with van der Waals surface area (Å²) in [4.78, 5) is 4.53. The standard InChI is InChI=1S/C15H31N3O3.HI/c1-3-16-15(18-9-13-19-4-2)17-8-5-10-21-14-6-11-20-12-7-14;/h14H,3-13H2,1-2H3,(H2,16,17,18);1H. The SMILES string of the molecule is CCNC(=NCCCOC1CCOCC1)NCCOCC.I. The van der Waals surface area contributed by atoms with Crippen LogP contribution in [0.3, 0.4) is 0 Å². The average molecular weight is 429 g/mol. The van der Waals surface area contributed by atoms with Crippen molar-refractivity contribution in [1.29, 1.82) is 0 Å². The van der Waals surface area contributed by atoms with E-state index in [0.29, 0.717) is 12.7 Å². The molecule has 1 heterocycles. The van der Waals surface area contributed by atoms with Gasteiger partial charge in [-0.15, -0.1) is 24.0 Å². The molecule has 1 saturated heterocycles. The van der Waals surface area contributed by atoms with Gasteiger partial charge in [-0.2, -0.15) is 0 Å². The number of rotatable bonds is 10. The van der Waals surface area contributed by atoms with Crippen LogP contribution in [0.5, 0.6) is 0 Å². The Kier molecular flexibility index (Phi) is 15.7. The van der Waals surface area contributed by atoms with Crippen molar-refractivity contribution in [3.05, 3.63) is 0 Å². The summed E-state index contributed by atoms with van der Waals surface area (Å²) in [5, 5.41) is 6.48. The van der Waals surface area contributed by atoms with Crippen LogP contribution < -0.4 is 10.6 Å². The minimum Gasteiger partial charge on any atom is -0.381 e. The molecule has 1 aliphatic rings. The van der Waals surface area contributed by atoms with E-state index < -0.39 is 0 Å². The lowest BCUT2D eigenvalue weighted by molar-refractivity contribution is -0.0318. The van der Waals surface area contributed by atoms with E-state index >= 15 is 0 Å². The van der Waals surface area contributed by atoms with Gasteiger partial charge in [0, 0.05) is 46.1 Å². The molecule has 7 heteroatoms. The van der Waals surface area contributed by atoms with Gasteiger partial charge in [-0.25, -0.2) is 0 Å². The van der Waals surface area contributed by atoms with Crippen LogP contribution >= 0.6 is 24.0 Å². The molecule has 6 nitrogen and oxygen atoms in total. The van der Waals surface area contributed by atoms with E-state index in [-0.39, 0.29) is 24.0 Å². The Morgan fingerprint density at radius 3 is 2.64 bits per heavy atom. The third-order valence-electron chi connectivity index (χ3n) is 3.18. The Bertz CT molecular complexity index is 275. The number of guanidine groups is 1. The number of halogens is 1. The molecule has 0 saturated carbocycles. The topological polar surface area (TPSA) is 64.1 Å². The van der Waals surface area contributed by atoms with Gasteiger partial charge in [0.15, 0.2) is 5.96 Å². The fraction of sp³-hybridized carbons (Fsp3) is 0.933. The molecule has 0 aromatic heterocycles. The fourth-order valence-electron chi connectivity index (χ4n) is 2.08. The number of aliphatic imine (C=N–C) groups is 1. The van der Waals surface area contributed by atoms with Crippen molar-refractivity contribution in [2.45, 2.75) is 39.2 Å². The second-order valence-electron chi connectivity index (χ2n) is 4.92. The predicted molar refractivity (Wildman–Crippen MR) is 100 cm³/mol. The van der Waals surface area contributed by atoms with Gasteiger partial charge < -0.3 is 24.8 Å². The van der Waals surface area contributed by atoms with Gasteiger partial charge in [0.25, 0.3) is 0 Å². The highest BCUT2D eigenvalue weighted by atomic mass is 127. The van der Waals surface area contributed by atoms with Crippen LogP contribution in [0.1, 0.15) is 33.1 Å². The zero-order chi connectivity index (χ0) is 15.2. The minimum absolute atomic E-state index is 0. The predicted octanol–water partition coefficient (Wildman–Crippen LogP) is 1.78. The summed E-state index contributed by atoms with van der Waals surface area (Å²) in [6, 6.07) is 0. The van der Waals surface area contributed by atoms with Gasteiger partial charge in [-0.05, 0) is 33.1 Å². The monoisotopic (exact) mass is 429 g/mol. The largest absolute Gasteiger partial charge is 0.381 e. The van der Waals surface area contributed by atoms with Crippen LogP contribution in [0.4, 0.5) is 0 Å². The van der Waals surface area contributed by atoms with Gasteiger partial charge in [-0.1, -0.05) is 0 Å². The zero-order valence-electron chi connectivity index (χ0n) is 13.9.